The number of hydrogen-bond donors (Lipinski definition) is 4. The summed E-state index contributed by atoms with van der Waals surface area (Å²) in [6.45, 7) is 3.01. The average molecular weight is 488 g/mol. The van der Waals surface area contributed by atoms with Gasteiger partial charge < -0.3 is 35.1 Å². The van der Waals surface area contributed by atoms with Crippen molar-refractivity contribution in [3.8, 4) is 0 Å². The molecule has 0 aromatic heterocycles. The minimum Gasteiger partial charge on any atom is -0.481 e. The van der Waals surface area contributed by atoms with Crippen LogP contribution in [0, 0.1) is 11.8 Å². The van der Waals surface area contributed by atoms with E-state index in [-0.39, 0.29) is 64.3 Å². The number of carbonyl (C=O) groups is 6. The van der Waals surface area contributed by atoms with Gasteiger partial charge in [-0.15, -0.1) is 0 Å². The third-order valence-corrected chi connectivity index (χ3v) is 5.09. The lowest BCUT2D eigenvalue weighted by Crippen LogP contribution is -2.47. The van der Waals surface area contributed by atoms with E-state index >= 15 is 0 Å². The fraction of sp³-hybridized carbons (Fsp3) is 0.714. The van der Waals surface area contributed by atoms with Gasteiger partial charge in [-0.05, 0) is 38.0 Å². The van der Waals surface area contributed by atoms with Crippen molar-refractivity contribution in [1.82, 2.24) is 10.6 Å². The summed E-state index contributed by atoms with van der Waals surface area (Å²) in [5, 5.41) is 22.3. The van der Waals surface area contributed by atoms with Crippen LogP contribution < -0.4 is 10.6 Å². The Morgan fingerprint density at radius 2 is 1.62 bits per heavy atom. The summed E-state index contributed by atoms with van der Waals surface area (Å²) in [5.41, 5.74) is 0. The van der Waals surface area contributed by atoms with Crippen LogP contribution in [0.1, 0.15) is 52.4 Å². The Kier molecular flexibility index (Phi) is 12.4. The molecule has 1 fully saturated rings. The molecule has 0 bridgehead atoms. The number of hydrogen-bond acceptors (Lipinski definition) is 9. The standard InChI is InChI=1S/C21H32N2O11/c1-3-32-21(31)23-17(19(29)33-8-4-6-15(25)26)12(2)10-13-11-14(24)22-18(13)20(30)34-9-5-7-16(27)28/h12-13,17-18H,3-11H2,1-2H3,(H,22,24)(H,23,31)(H,25,26)(H,27,28)/t12?,13?,17-,18-/m0/s1. The highest BCUT2D eigenvalue weighted by Crippen LogP contribution is 2.27. The van der Waals surface area contributed by atoms with Crippen molar-refractivity contribution in [2.75, 3.05) is 19.8 Å². The number of carboxylic acids is 2. The zero-order valence-electron chi connectivity index (χ0n) is 19.2. The van der Waals surface area contributed by atoms with Crippen LogP contribution in [-0.2, 0) is 38.2 Å². The lowest BCUT2D eigenvalue weighted by Gasteiger charge is -2.26. The largest absolute Gasteiger partial charge is 0.481 e. The molecule has 1 rings (SSSR count). The number of amides is 2. The number of ether oxygens (including phenoxy) is 3. The third-order valence-electron chi connectivity index (χ3n) is 5.09. The van der Waals surface area contributed by atoms with E-state index in [1.807, 2.05) is 0 Å². The summed E-state index contributed by atoms with van der Waals surface area (Å²) in [7, 11) is 0. The number of alkyl carbamates (subject to hydrolysis) is 1. The molecular weight excluding hydrogens is 456 g/mol. The lowest BCUT2D eigenvalue weighted by atomic mass is 9.86. The monoisotopic (exact) mass is 488 g/mol. The maximum absolute atomic E-state index is 12.6. The van der Waals surface area contributed by atoms with Crippen LogP contribution >= 0.6 is 0 Å². The first-order valence-electron chi connectivity index (χ1n) is 11.0. The Morgan fingerprint density at radius 1 is 1.03 bits per heavy atom. The van der Waals surface area contributed by atoms with Crippen molar-refractivity contribution < 1.29 is 53.2 Å². The van der Waals surface area contributed by atoms with Crippen molar-refractivity contribution >= 4 is 35.9 Å². The van der Waals surface area contributed by atoms with Gasteiger partial charge in [-0.2, -0.15) is 0 Å². The second kappa shape index (κ2) is 14.7. The normalized spacial score (nSPS) is 18.8. The summed E-state index contributed by atoms with van der Waals surface area (Å²) in [4.78, 5) is 70.1. The summed E-state index contributed by atoms with van der Waals surface area (Å²) in [6, 6.07) is -2.14. The molecule has 13 heteroatoms. The Balaban J connectivity index is 2.78. The zero-order valence-corrected chi connectivity index (χ0v) is 19.2. The van der Waals surface area contributed by atoms with E-state index in [0.717, 1.165) is 0 Å². The van der Waals surface area contributed by atoms with Gasteiger partial charge in [0.25, 0.3) is 0 Å². The van der Waals surface area contributed by atoms with Gasteiger partial charge in [0, 0.05) is 19.3 Å². The van der Waals surface area contributed by atoms with Crippen LogP contribution in [0.3, 0.4) is 0 Å². The fourth-order valence-corrected chi connectivity index (χ4v) is 3.50. The molecule has 1 heterocycles. The van der Waals surface area contributed by atoms with Crippen LogP contribution in [0.2, 0.25) is 0 Å². The van der Waals surface area contributed by atoms with Crippen LogP contribution in [0.15, 0.2) is 0 Å². The Labute approximate surface area is 196 Å². The topological polar surface area (TPSA) is 195 Å². The second-order valence-corrected chi connectivity index (χ2v) is 7.89. The number of carbonyl (C=O) groups excluding carboxylic acids is 4. The van der Waals surface area contributed by atoms with Gasteiger partial charge in [0.1, 0.15) is 12.1 Å². The smallest absolute Gasteiger partial charge is 0.407 e. The molecule has 1 aliphatic rings. The molecule has 4 atom stereocenters. The Morgan fingerprint density at radius 3 is 2.18 bits per heavy atom. The molecule has 0 saturated carbocycles. The first-order valence-corrected chi connectivity index (χ1v) is 11.0. The number of aliphatic carboxylic acids is 2. The Hall–Kier alpha value is -3.38. The number of esters is 2. The molecule has 2 unspecified atom stereocenters. The van der Waals surface area contributed by atoms with Crippen LogP contribution in [0.4, 0.5) is 4.79 Å². The predicted octanol–water partition coefficient (Wildman–Crippen LogP) is 0.448. The molecule has 2 amide bonds. The van der Waals surface area contributed by atoms with Gasteiger partial charge in [-0.3, -0.25) is 14.4 Å². The van der Waals surface area contributed by atoms with Gasteiger partial charge >= 0.3 is 30.0 Å². The quantitative estimate of drug-likeness (QED) is 0.142. The van der Waals surface area contributed by atoms with Gasteiger partial charge in [-0.25, -0.2) is 14.4 Å². The maximum Gasteiger partial charge on any atom is 0.407 e. The minimum absolute atomic E-state index is 0.000974. The number of rotatable bonds is 15. The SMILES string of the molecule is CCOC(=O)N[C@H](C(=O)OCCCC(=O)O)C(C)CC1CC(=O)N[C@@H]1C(=O)OCCCC(=O)O. The average Bonchev–Trinajstić information content (AvgIpc) is 3.12. The first-order chi connectivity index (χ1) is 16.0. The van der Waals surface area contributed by atoms with Crippen LogP contribution in [-0.4, -0.2) is 78.0 Å². The Bertz CT molecular complexity index is 755. The van der Waals surface area contributed by atoms with Gasteiger partial charge in [-0.1, -0.05) is 6.92 Å². The second-order valence-electron chi connectivity index (χ2n) is 7.89. The van der Waals surface area contributed by atoms with Gasteiger partial charge in [0.05, 0.1) is 19.8 Å². The van der Waals surface area contributed by atoms with Crippen molar-refractivity contribution in [2.24, 2.45) is 11.8 Å². The van der Waals surface area contributed by atoms with Gasteiger partial charge in [0.15, 0.2) is 0 Å². The van der Waals surface area contributed by atoms with Crippen molar-refractivity contribution in [3.05, 3.63) is 0 Å². The van der Waals surface area contributed by atoms with E-state index in [9.17, 15) is 28.8 Å². The molecule has 0 aromatic rings. The van der Waals surface area contributed by atoms with Crippen molar-refractivity contribution in [2.45, 2.75) is 64.5 Å². The molecular formula is C21H32N2O11. The highest BCUT2D eigenvalue weighted by Gasteiger charge is 2.41. The summed E-state index contributed by atoms with van der Waals surface area (Å²) in [6.07, 6.45) is -0.822. The number of nitrogens with one attached hydrogen (secondary N) is 2. The van der Waals surface area contributed by atoms with Gasteiger partial charge in [0.2, 0.25) is 5.91 Å². The minimum atomic E-state index is -1.16. The zero-order chi connectivity index (χ0) is 25.7. The van der Waals surface area contributed by atoms with E-state index in [0.29, 0.717) is 0 Å². The van der Waals surface area contributed by atoms with Crippen LogP contribution in [0.5, 0.6) is 0 Å². The molecule has 13 nitrogen and oxygen atoms in total. The first kappa shape index (κ1) is 28.7. The molecule has 1 saturated heterocycles. The van der Waals surface area contributed by atoms with E-state index in [1.165, 1.54) is 0 Å². The van der Waals surface area contributed by atoms with E-state index in [4.69, 9.17) is 24.4 Å². The van der Waals surface area contributed by atoms with E-state index < -0.39 is 53.9 Å². The van der Waals surface area contributed by atoms with Crippen LogP contribution in [0.25, 0.3) is 0 Å². The van der Waals surface area contributed by atoms with Crippen molar-refractivity contribution in [1.29, 1.82) is 0 Å². The maximum atomic E-state index is 12.6. The fourth-order valence-electron chi connectivity index (χ4n) is 3.50. The summed E-state index contributed by atoms with van der Waals surface area (Å²) >= 11 is 0. The third kappa shape index (κ3) is 10.5. The van der Waals surface area contributed by atoms with E-state index in [2.05, 4.69) is 10.6 Å². The molecule has 0 spiro atoms. The highest BCUT2D eigenvalue weighted by molar-refractivity contribution is 5.89. The van der Waals surface area contributed by atoms with Crippen molar-refractivity contribution in [3.63, 3.8) is 0 Å². The highest BCUT2D eigenvalue weighted by atomic mass is 16.6. The lowest BCUT2D eigenvalue weighted by molar-refractivity contribution is -0.149. The molecule has 0 radical (unpaired) electrons. The molecule has 4 N–H and O–H groups in total. The molecule has 0 aromatic carbocycles. The van der Waals surface area contributed by atoms with E-state index in [1.54, 1.807) is 13.8 Å². The molecule has 34 heavy (non-hydrogen) atoms. The molecule has 192 valence electrons. The summed E-state index contributed by atoms with van der Waals surface area (Å²) < 4.78 is 15.0. The molecule has 0 aliphatic carbocycles. The number of carboxylic acid groups (broad SMARTS) is 2. The molecule has 1 aliphatic heterocycles. The summed E-state index contributed by atoms with van der Waals surface area (Å²) in [5.74, 6) is -5.07. The predicted molar refractivity (Wildman–Crippen MR) is 113 cm³/mol.